The third-order valence-corrected chi connectivity index (χ3v) is 5.67. The number of fused-ring (bicyclic) bond motifs is 1. The molecule has 1 aromatic heterocycles. The summed E-state index contributed by atoms with van der Waals surface area (Å²) in [7, 11) is 1.65. The van der Waals surface area contributed by atoms with Crippen LogP contribution in [0.15, 0.2) is 60.8 Å². The van der Waals surface area contributed by atoms with Crippen molar-refractivity contribution < 1.29 is 14.7 Å². The fourth-order valence-electron chi connectivity index (χ4n) is 3.42. The molecule has 5 nitrogen and oxygen atoms in total. The largest absolute Gasteiger partial charge is 0.387 e. The van der Waals surface area contributed by atoms with Crippen molar-refractivity contribution in [1.82, 2.24) is 9.47 Å². The van der Waals surface area contributed by atoms with Crippen LogP contribution in [0.5, 0.6) is 0 Å². The van der Waals surface area contributed by atoms with Gasteiger partial charge >= 0.3 is 0 Å². The zero-order valence-electron chi connectivity index (χ0n) is 14.2. The first-order valence-corrected chi connectivity index (χ1v) is 9.17. The van der Waals surface area contributed by atoms with Crippen LogP contribution in [0.1, 0.15) is 23.3 Å². The smallest absolute Gasteiger partial charge is 0.289 e. The zero-order valence-corrected chi connectivity index (χ0v) is 15.0. The molecule has 1 N–H and O–H groups in total. The molecule has 2 heterocycles. The summed E-state index contributed by atoms with van der Waals surface area (Å²) in [6.07, 6.45) is 1.29. The SMILES string of the molecule is CN1C(=O)SC(=O)C1c1cccc2c1ccn2CC(O)c1ccccc1. The van der Waals surface area contributed by atoms with Crippen molar-refractivity contribution in [2.75, 3.05) is 7.05 Å². The second kappa shape index (κ2) is 6.63. The molecule has 0 spiro atoms. The maximum absolute atomic E-state index is 12.3. The Bertz CT molecular complexity index is 983. The van der Waals surface area contributed by atoms with Gasteiger partial charge in [0.25, 0.3) is 5.24 Å². The fourth-order valence-corrected chi connectivity index (χ4v) is 4.24. The highest BCUT2D eigenvalue weighted by molar-refractivity contribution is 8.26. The number of benzene rings is 2. The number of rotatable bonds is 4. The van der Waals surface area contributed by atoms with Gasteiger partial charge in [0, 0.05) is 35.9 Å². The first-order valence-electron chi connectivity index (χ1n) is 8.35. The highest BCUT2D eigenvalue weighted by Gasteiger charge is 2.39. The molecule has 2 unspecified atom stereocenters. The van der Waals surface area contributed by atoms with Gasteiger partial charge in [-0.15, -0.1) is 0 Å². The lowest BCUT2D eigenvalue weighted by Gasteiger charge is -2.19. The van der Waals surface area contributed by atoms with Gasteiger partial charge in [-0.3, -0.25) is 9.59 Å². The molecule has 1 aliphatic heterocycles. The molecule has 3 aromatic rings. The average molecular weight is 366 g/mol. The van der Waals surface area contributed by atoms with Crippen LogP contribution in [0.25, 0.3) is 10.9 Å². The Morgan fingerprint density at radius 3 is 2.54 bits per heavy atom. The number of amides is 1. The Balaban J connectivity index is 1.70. The first kappa shape index (κ1) is 16.9. The lowest BCUT2D eigenvalue weighted by Crippen LogP contribution is -2.23. The zero-order chi connectivity index (χ0) is 18.3. The predicted molar refractivity (Wildman–Crippen MR) is 102 cm³/mol. The molecule has 2 aromatic carbocycles. The molecular weight excluding hydrogens is 348 g/mol. The van der Waals surface area contributed by atoms with Crippen LogP contribution in [0.3, 0.4) is 0 Å². The minimum atomic E-state index is -0.622. The van der Waals surface area contributed by atoms with E-state index in [-0.39, 0.29) is 10.4 Å². The molecule has 1 aliphatic rings. The number of aliphatic hydroxyl groups is 1. The van der Waals surface area contributed by atoms with E-state index < -0.39 is 12.1 Å². The van der Waals surface area contributed by atoms with E-state index in [1.807, 2.05) is 65.4 Å². The van der Waals surface area contributed by atoms with Crippen LogP contribution in [0.2, 0.25) is 0 Å². The van der Waals surface area contributed by atoms with E-state index in [0.29, 0.717) is 6.54 Å². The van der Waals surface area contributed by atoms with E-state index >= 15 is 0 Å². The Labute approximate surface area is 155 Å². The number of aromatic nitrogens is 1. The van der Waals surface area contributed by atoms with E-state index in [4.69, 9.17) is 0 Å². The van der Waals surface area contributed by atoms with Gasteiger partial charge in [0.2, 0.25) is 5.12 Å². The van der Waals surface area contributed by atoms with E-state index in [1.54, 1.807) is 7.05 Å². The van der Waals surface area contributed by atoms with Gasteiger partial charge in [-0.1, -0.05) is 42.5 Å². The van der Waals surface area contributed by atoms with Crippen molar-refractivity contribution in [1.29, 1.82) is 0 Å². The first-order chi connectivity index (χ1) is 12.6. The lowest BCUT2D eigenvalue weighted by molar-refractivity contribution is -0.113. The standard InChI is InChI=1S/C20H18N2O3S/c1-21-18(19(24)26-20(21)25)15-8-5-9-16-14(15)10-11-22(16)12-17(23)13-6-3-2-4-7-13/h2-11,17-18,23H,12H2,1H3. The number of thioether (sulfide) groups is 1. The molecule has 0 bridgehead atoms. The summed E-state index contributed by atoms with van der Waals surface area (Å²) in [5.74, 6) is 0. The van der Waals surface area contributed by atoms with Crippen LogP contribution in [0, 0.1) is 0 Å². The van der Waals surface area contributed by atoms with Gasteiger partial charge in [-0.25, -0.2) is 0 Å². The summed E-state index contributed by atoms with van der Waals surface area (Å²) < 4.78 is 1.98. The molecule has 2 atom stereocenters. The molecule has 0 aliphatic carbocycles. The minimum Gasteiger partial charge on any atom is -0.387 e. The number of nitrogens with zero attached hydrogens (tertiary/aromatic N) is 2. The van der Waals surface area contributed by atoms with Crippen LogP contribution in [-0.2, 0) is 11.3 Å². The van der Waals surface area contributed by atoms with Gasteiger partial charge in [0.1, 0.15) is 6.04 Å². The van der Waals surface area contributed by atoms with Crippen LogP contribution in [-0.4, -0.2) is 32.0 Å². The maximum Gasteiger partial charge on any atom is 0.289 e. The van der Waals surface area contributed by atoms with E-state index in [2.05, 4.69) is 0 Å². The third kappa shape index (κ3) is 2.81. The molecule has 26 heavy (non-hydrogen) atoms. The fraction of sp³-hybridized carbons (Fsp3) is 0.200. The van der Waals surface area contributed by atoms with Gasteiger partial charge in [-0.2, -0.15) is 0 Å². The quantitative estimate of drug-likeness (QED) is 0.764. The van der Waals surface area contributed by atoms with Crippen LogP contribution in [0.4, 0.5) is 4.79 Å². The number of hydrogen-bond acceptors (Lipinski definition) is 4. The Morgan fingerprint density at radius 2 is 1.85 bits per heavy atom. The summed E-state index contributed by atoms with van der Waals surface area (Å²) in [6.45, 7) is 0.416. The molecular formula is C20H18N2O3S. The van der Waals surface area contributed by atoms with E-state index in [1.165, 1.54) is 4.90 Å². The number of hydrogen-bond donors (Lipinski definition) is 1. The molecule has 4 rings (SSSR count). The van der Waals surface area contributed by atoms with E-state index in [0.717, 1.165) is 33.8 Å². The molecule has 1 amide bonds. The van der Waals surface area contributed by atoms with Crippen molar-refractivity contribution >= 4 is 33.0 Å². The van der Waals surface area contributed by atoms with Gasteiger partial charge < -0.3 is 14.6 Å². The highest BCUT2D eigenvalue weighted by Crippen LogP contribution is 2.38. The summed E-state index contributed by atoms with van der Waals surface area (Å²) in [6, 6.07) is 16.6. The second-order valence-corrected chi connectivity index (χ2v) is 7.33. The Kier molecular flexibility index (Phi) is 4.30. The summed E-state index contributed by atoms with van der Waals surface area (Å²) in [4.78, 5) is 25.6. The molecule has 1 saturated heterocycles. The van der Waals surface area contributed by atoms with Gasteiger partial charge in [0.15, 0.2) is 0 Å². The third-order valence-electron chi connectivity index (χ3n) is 4.78. The summed E-state index contributed by atoms with van der Waals surface area (Å²) >= 11 is 0.756. The van der Waals surface area contributed by atoms with Crippen molar-refractivity contribution in [3.05, 3.63) is 71.9 Å². The van der Waals surface area contributed by atoms with Gasteiger partial charge in [-0.05, 0) is 23.3 Å². The monoisotopic (exact) mass is 366 g/mol. The highest BCUT2D eigenvalue weighted by atomic mass is 32.2. The lowest BCUT2D eigenvalue weighted by atomic mass is 10.0. The summed E-state index contributed by atoms with van der Waals surface area (Å²) in [5.41, 5.74) is 2.61. The molecule has 1 fully saturated rings. The average Bonchev–Trinajstić information content (AvgIpc) is 3.16. The normalized spacial score (nSPS) is 18.7. The van der Waals surface area contributed by atoms with Crippen LogP contribution < -0.4 is 0 Å². The Morgan fingerprint density at radius 1 is 1.08 bits per heavy atom. The molecule has 6 heteroatoms. The minimum absolute atomic E-state index is 0.151. The van der Waals surface area contributed by atoms with E-state index in [9.17, 15) is 14.7 Å². The molecule has 132 valence electrons. The van der Waals surface area contributed by atoms with Gasteiger partial charge in [0.05, 0.1) is 12.6 Å². The van der Waals surface area contributed by atoms with Crippen LogP contribution >= 0.6 is 11.8 Å². The Hall–Kier alpha value is -2.57. The van der Waals surface area contributed by atoms with Crippen molar-refractivity contribution in [2.24, 2.45) is 0 Å². The van der Waals surface area contributed by atoms with Crippen molar-refractivity contribution in [3.8, 4) is 0 Å². The topological polar surface area (TPSA) is 62.5 Å². The van der Waals surface area contributed by atoms with Crippen molar-refractivity contribution in [3.63, 3.8) is 0 Å². The number of likely N-dealkylation sites (N-methyl/N-ethyl adjacent to an activating group) is 1. The maximum atomic E-state index is 12.3. The predicted octanol–water partition coefficient (Wildman–Crippen LogP) is 3.74. The van der Waals surface area contributed by atoms with Crippen molar-refractivity contribution in [2.45, 2.75) is 18.7 Å². The summed E-state index contributed by atoms with van der Waals surface area (Å²) in [5, 5.41) is 11.1. The number of carbonyl (C=O) groups excluding carboxylic acids is 2. The number of carbonyl (C=O) groups is 2. The molecule has 0 radical (unpaired) electrons. The number of aliphatic hydroxyl groups excluding tert-OH is 1. The second-order valence-electron chi connectivity index (χ2n) is 6.38. The molecule has 0 saturated carbocycles.